The molecule has 3 N–H and O–H groups in total. The molecule has 0 atom stereocenters. The molecule has 1 aliphatic heterocycles. The Morgan fingerprint density at radius 3 is 2.39 bits per heavy atom. The molecule has 1 saturated heterocycles. The minimum Gasteiger partial charge on any atom is -0.369 e. The van der Waals surface area contributed by atoms with E-state index in [0.717, 1.165) is 43.8 Å². The summed E-state index contributed by atoms with van der Waals surface area (Å²) in [5.41, 5.74) is 2.89. The van der Waals surface area contributed by atoms with E-state index in [-0.39, 0.29) is 11.2 Å². The van der Waals surface area contributed by atoms with Crippen molar-refractivity contribution >= 4 is 29.0 Å². The van der Waals surface area contributed by atoms with E-state index in [4.69, 9.17) is 0 Å². The second-order valence-corrected chi connectivity index (χ2v) is 8.89. The molecule has 0 saturated carbocycles. The van der Waals surface area contributed by atoms with Gasteiger partial charge >= 0.3 is 0 Å². The zero-order valence-electron chi connectivity index (χ0n) is 18.4. The van der Waals surface area contributed by atoms with E-state index in [2.05, 4.69) is 80.6 Å². The van der Waals surface area contributed by atoms with Gasteiger partial charge in [-0.05, 0) is 31.3 Å². The highest BCUT2D eigenvalue weighted by molar-refractivity contribution is 5.61. The summed E-state index contributed by atoms with van der Waals surface area (Å²) in [7, 11) is 2.14. The Morgan fingerprint density at radius 1 is 1.03 bits per heavy atom. The van der Waals surface area contributed by atoms with Crippen molar-refractivity contribution in [1.82, 2.24) is 25.1 Å². The normalized spacial score (nSPS) is 15.2. The van der Waals surface area contributed by atoms with Gasteiger partial charge < -0.3 is 20.4 Å². The highest BCUT2D eigenvalue weighted by Gasteiger charge is 2.18. The number of likely N-dealkylation sites (N-methyl/N-ethyl adjacent to an activating group) is 1. The molecular weight excluding hydrogens is 395 g/mol. The molecule has 0 bridgehead atoms. The zero-order valence-corrected chi connectivity index (χ0v) is 18.4. The van der Waals surface area contributed by atoms with E-state index in [1.807, 2.05) is 18.2 Å². The Morgan fingerprint density at radius 2 is 1.74 bits per heavy atom. The number of nitrogens with zero attached hydrogens (tertiary/aromatic N) is 5. The highest BCUT2D eigenvalue weighted by atomic mass is 19.1. The van der Waals surface area contributed by atoms with E-state index >= 15 is 0 Å². The van der Waals surface area contributed by atoms with Crippen molar-refractivity contribution in [2.75, 3.05) is 48.8 Å². The average Bonchev–Trinajstić information content (AvgIpc) is 3.21. The smallest absolute Gasteiger partial charge is 0.229 e. The van der Waals surface area contributed by atoms with Crippen molar-refractivity contribution in [3.05, 3.63) is 48.0 Å². The zero-order chi connectivity index (χ0) is 22.0. The van der Waals surface area contributed by atoms with E-state index in [1.165, 1.54) is 5.69 Å². The van der Waals surface area contributed by atoms with Gasteiger partial charge in [-0.3, -0.25) is 5.10 Å². The first-order chi connectivity index (χ1) is 14.8. The number of halogens is 1. The second-order valence-electron chi connectivity index (χ2n) is 8.89. The molecule has 3 aromatic rings. The van der Waals surface area contributed by atoms with Gasteiger partial charge in [0.05, 0.1) is 6.20 Å². The van der Waals surface area contributed by atoms with Crippen LogP contribution < -0.4 is 15.5 Å². The van der Waals surface area contributed by atoms with Crippen molar-refractivity contribution in [2.45, 2.75) is 26.2 Å². The number of hydrogen-bond acceptors (Lipinski definition) is 7. The fraction of sp³-hybridized carbons (Fsp3) is 0.409. The third-order valence-corrected chi connectivity index (χ3v) is 5.37. The Balaban J connectivity index is 1.44. The van der Waals surface area contributed by atoms with Crippen LogP contribution in [0.15, 0.2) is 36.5 Å². The van der Waals surface area contributed by atoms with Gasteiger partial charge in [0.15, 0.2) is 17.5 Å². The quantitative estimate of drug-likeness (QED) is 0.573. The lowest BCUT2D eigenvalue weighted by Crippen LogP contribution is -2.44. The van der Waals surface area contributed by atoms with Crippen LogP contribution in [0.5, 0.6) is 0 Å². The van der Waals surface area contributed by atoms with Gasteiger partial charge in [0.25, 0.3) is 0 Å². The first-order valence-electron chi connectivity index (χ1n) is 10.4. The molecule has 9 heteroatoms. The van der Waals surface area contributed by atoms with Crippen LogP contribution in [0.4, 0.5) is 33.3 Å². The third kappa shape index (κ3) is 5.11. The number of H-pyrrole nitrogens is 1. The molecule has 3 heterocycles. The topological polar surface area (TPSA) is 85.0 Å². The number of piperazine rings is 1. The summed E-state index contributed by atoms with van der Waals surface area (Å²) in [6, 6.07) is 9.97. The summed E-state index contributed by atoms with van der Waals surface area (Å²) in [4.78, 5) is 13.0. The second kappa shape index (κ2) is 8.50. The molecule has 0 unspecified atom stereocenters. The molecule has 8 nitrogen and oxygen atoms in total. The summed E-state index contributed by atoms with van der Waals surface area (Å²) in [5, 5.41) is 13.2. The molecule has 0 amide bonds. The summed E-state index contributed by atoms with van der Waals surface area (Å²) in [6.45, 7) is 10.4. The number of anilines is 5. The number of aromatic nitrogens is 4. The number of aromatic amines is 1. The third-order valence-electron chi connectivity index (χ3n) is 5.37. The number of rotatable bonds is 5. The van der Waals surface area contributed by atoms with Crippen LogP contribution in [-0.4, -0.2) is 58.3 Å². The SMILES string of the molecule is CN1CCN(c2ccc(Nc3ncc(F)c(Nc4cc(C(C)(C)C)[nH]n4)n3)cc2)CC1. The lowest BCUT2D eigenvalue weighted by atomic mass is 9.92. The number of benzene rings is 1. The van der Waals surface area contributed by atoms with Gasteiger partial charge in [-0.15, -0.1) is 0 Å². The van der Waals surface area contributed by atoms with Gasteiger partial charge in [-0.2, -0.15) is 10.1 Å². The number of nitrogens with one attached hydrogen (secondary N) is 3. The van der Waals surface area contributed by atoms with Gasteiger partial charge in [-0.25, -0.2) is 9.37 Å². The average molecular weight is 425 g/mol. The van der Waals surface area contributed by atoms with Crippen LogP contribution in [0.2, 0.25) is 0 Å². The van der Waals surface area contributed by atoms with Crippen LogP contribution in [0.3, 0.4) is 0 Å². The monoisotopic (exact) mass is 424 g/mol. The Labute approximate surface area is 181 Å². The Kier molecular flexibility index (Phi) is 5.77. The van der Waals surface area contributed by atoms with Gasteiger partial charge in [0, 0.05) is 54.7 Å². The minimum atomic E-state index is -0.545. The fourth-order valence-electron chi connectivity index (χ4n) is 3.36. The van der Waals surface area contributed by atoms with Gasteiger partial charge in [0.2, 0.25) is 5.95 Å². The van der Waals surface area contributed by atoms with Crippen LogP contribution in [0.1, 0.15) is 26.5 Å². The molecule has 4 rings (SSSR count). The lowest BCUT2D eigenvalue weighted by Gasteiger charge is -2.34. The Bertz CT molecular complexity index is 1020. The first kappa shape index (κ1) is 21.0. The largest absolute Gasteiger partial charge is 0.369 e. The summed E-state index contributed by atoms with van der Waals surface area (Å²) >= 11 is 0. The molecule has 1 aromatic carbocycles. The number of hydrogen-bond donors (Lipinski definition) is 3. The maximum atomic E-state index is 14.3. The van der Waals surface area contributed by atoms with Gasteiger partial charge in [-0.1, -0.05) is 20.8 Å². The maximum Gasteiger partial charge on any atom is 0.229 e. The molecule has 0 spiro atoms. The van der Waals surface area contributed by atoms with E-state index < -0.39 is 5.82 Å². The maximum absolute atomic E-state index is 14.3. The summed E-state index contributed by atoms with van der Waals surface area (Å²) in [5.74, 6) is 0.336. The minimum absolute atomic E-state index is 0.0681. The molecule has 0 radical (unpaired) electrons. The predicted molar refractivity (Wildman–Crippen MR) is 122 cm³/mol. The highest BCUT2D eigenvalue weighted by Crippen LogP contribution is 2.25. The Hall–Kier alpha value is -3.20. The fourth-order valence-corrected chi connectivity index (χ4v) is 3.36. The van der Waals surface area contributed by atoms with Crippen molar-refractivity contribution in [3.8, 4) is 0 Å². The van der Waals surface area contributed by atoms with Crippen LogP contribution in [0, 0.1) is 5.82 Å². The van der Waals surface area contributed by atoms with Crippen molar-refractivity contribution in [1.29, 1.82) is 0 Å². The van der Waals surface area contributed by atoms with Crippen molar-refractivity contribution < 1.29 is 4.39 Å². The predicted octanol–water partition coefficient (Wildman–Crippen LogP) is 3.88. The van der Waals surface area contributed by atoms with E-state index in [0.29, 0.717) is 11.8 Å². The molecule has 1 fully saturated rings. The standard InChI is InChI=1S/C22H29FN8/c1-22(2,3)18-13-19(29-28-18)26-20-17(23)14-24-21(27-20)25-15-5-7-16(8-6-15)31-11-9-30(4)10-12-31/h5-8,13-14H,9-12H2,1-4H3,(H3,24,25,26,27,28,29). The van der Waals surface area contributed by atoms with Gasteiger partial charge in [0.1, 0.15) is 0 Å². The van der Waals surface area contributed by atoms with Crippen LogP contribution in [-0.2, 0) is 5.41 Å². The molecule has 0 aliphatic carbocycles. The first-order valence-corrected chi connectivity index (χ1v) is 10.4. The molecular formula is C22H29FN8. The molecule has 31 heavy (non-hydrogen) atoms. The summed E-state index contributed by atoms with van der Waals surface area (Å²) < 4.78 is 14.3. The summed E-state index contributed by atoms with van der Waals surface area (Å²) in [6.07, 6.45) is 1.15. The van der Waals surface area contributed by atoms with Crippen molar-refractivity contribution in [3.63, 3.8) is 0 Å². The van der Waals surface area contributed by atoms with E-state index in [1.54, 1.807) is 0 Å². The molecule has 1 aliphatic rings. The van der Waals surface area contributed by atoms with Crippen LogP contribution in [0.25, 0.3) is 0 Å². The lowest BCUT2D eigenvalue weighted by molar-refractivity contribution is 0.313. The van der Waals surface area contributed by atoms with Crippen LogP contribution >= 0.6 is 0 Å². The molecule has 2 aromatic heterocycles. The molecule has 164 valence electrons. The van der Waals surface area contributed by atoms with Crippen molar-refractivity contribution in [2.24, 2.45) is 0 Å². The van der Waals surface area contributed by atoms with E-state index in [9.17, 15) is 4.39 Å².